The van der Waals surface area contributed by atoms with E-state index in [4.69, 9.17) is 34.8 Å². The van der Waals surface area contributed by atoms with Crippen LogP contribution in [0.1, 0.15) is 16.1 Å². The smallest absolute Gasteiger partial charge is 0.347 e. The number of rotatable bonds is 1. The highest BCUT2D eigenvalue weighted by molar-refractivity contribution is 6.77. The van der Waals surface area contributed by atoms with Crippen LogP contribution in [-0.2, 0) is 13.2 Å². The summed E-state index contributed by atoms with van der Waals surface area (Å²) in [7, 11) is 1.26. The van der Waals surface area contributed by atoms with E-state index in [-0.39, 0.29) is 5.69 Å². The predicted molar refractivity (Wildman–Crippen MR) is 55.0 cm³/mol. The van der Waals surface area contributed by atoms with Crippen LogP contribution in [0.5, 0.6) is 0 Å². The van der Waals surface area contributed by atoms with Gasteiger partial charge in [0.1, 0.15) is 0 Å². The third-order valence-corrected chi connectivity index (χ3v) is 2.34. The molecule has 0 aliphatic rings. The van der Waals surface area contributed by atoms with Crippen molar-refractivity contribution in [3.8, 4) is 0 Å². The lowest BCUT2D eigenvalue weighted by molar-refractivity contribution is -0.137. The van der Waals surface area contributed by atoms with Gasteiger partial charge in [-0.2, -0.15) is 13.2 Å². The Labute approximate surface area is 104 Å². The predicted octanol–water partition coefficient (Wildman–Crippen LogP) is 3.60. The van der Waals surface area contributed by atoms with Crippen LogP contribution in [0.15, 0.2) is 12.3 Å². The largest absolute Gasteiger partial charge is 0.417 e. The maximum atomic E-state index is 12.3. The first-order valence-electron chi connectivity index (χ1n) is 3.88. The highest BCUT2D eigenvalue weighted by Gasteiger charge is 2.37. The molecule has 0 radical (unpaired) electrons. The molecule has 0 bridgehead atoms. The van der Waals surface area contributed by atoms with Gasteiger partial charge in [0.15, 0.2) is 0 Å². The number of carbonyl (C=O) groups is 1. The van der Waals surface area contributed by atoms with Crippen molar-refractivity contribution >= 4 is 40.6 Å². The van der Waals surface area contributed by atoms with Crippen molar-refractivity contribution in [3.05, 3.63) is 23.5 Å². The van der Waals surface area contributed by atoms with Crippen molar-refractivity contribution in [1.82, 2.24) is 4.57 Å². The van der Waals surface area contributed by atoms with E-state index >= 15 is 0 Å². The molecule has 0 unspecified atom stereocenters. The molecule has 0 atom stereocenters. The fraction of sp³-hybridized carbons (Fsp3) is 0.375. The van der Waals surface area contributed by atoms with Crippen LogP contribution in [0.25, 0.3) is 0 Å². The molecular weight excluding hydrogens is 289 g/mol. The van der Waals surface area contributed by atoms with E-state index in [0.717, 1.165) is 10.8 Å². The third-order valence-electron chi connectivity index (χ3n) is 1.82. The average molecular weight is 294 g/mol. The molecule has 16 heavy (non-hydrogen) atoms. The Morgan fingerprint density at radius 2 is 1.81 bits per heavy atom. The molecule has 90 valence electrons. The number of aromatic nitrogens is 1. The molecule has 0 saturated heterocycles. The zero-order valence-corrected chi connectivity index (χ0v) is 10.0. The number of carbonyl (C=O) groups excluding carboxylic acids is 1. The van der Waals surface area contributed by atoms with Crippen LogP contribution in [0.3, 0.4) is 0 Å². The summed E-state index contributed by atoms with van der Waals surface area (Å²) in [6.45, 7) is 0. The number of ketones is 1. The van der Waals surface area contributed by atoms with Crippen LogP contribution in [-0.4, -0.2) is 14.1 Å². The second kappa shape index (κ2) is 4.13. The van der Waals surface area contributed by atoms with Gasteiger partial charge in [0.2, 0.25) is 5.78 Å². The van der Waals surface area contributed by atoms with Crippen LogP contribution in [0.4, 0.5) is 13.2 Å². The molecule has 1 heterocycles. The van der Waals surface area contributed by atoms with E-state index in [9.17, 15) is 18.0 Å². The highest BCUT2D eigenvalue weighted by atomic mass is 35.6. The van der Waals surface area contributed by atoms with E-state index in [2.05, 4.69) is 0 Å². The lowest BCUT2D eigenvalue weighted by Gasteiger charge is -2.09. The van der Waals surface area contributed by atoms with Gasteiger partial charge >= 0.3 is 6.18 Å². The maximum Gasteiger partial charge on any atom is 0.417 e. The second-order valence-corrected chi connectivity index (χ2v) is 5.33. The van der Waals surface area contributed by atoms with E-state index in [1.54, 1.807) is 0 Å². The summed E-state index contributed by atoms with van der Waals surface area (Å²) in [4.78, 5) is 11.4. The molecule has 0 fully saturated rings. The quantitative estimate of drug-likeness (QED) is 0.573. The van der Waals surface area contributed by atoms with Gasteiger partial charge < -0.3 is 4.57 Å². The number of alkyl halides is 6. The summed E-state index contributed by atoms with van der Waals surface area (Å²) < 4.78 is 35.6. The van der Waals surface area contributed by atoms with Crippen LogP contribution in [0.2, 0.25) is 0 Å². The SMILES string of the molecule is Cn1cc(C(F)(F)F)cc1C(=O)C(Cl)(Cl)Cl. The van der Waals surface area contributed by atoms with Crippen LogP contribution >= 0.6 is 34.8 Å². The third kappa shape index (κ3) is 2.84. The lowest BCUT2D eigenvalue weighted by atomic mass is 10.2. The zero-order chi connectivity index (χ0) is 12.7. The van der Waals surface area contributed by atoms with Crippen LogP contribution < -0.4 is 0 Å². The van der Waals surface area contributed by atoms with Gasteiger partial charge in [-0.15, -0.1) is 0 Å². The first-order valence-corrected chi connectivity index (χ1v) is 5.02. The molecule has 0 aromatic carbocycles. The summed E-state index contributed by atoms with van der Waals surface area (Å²) in [5.41, 5.74) is -1.28. The fourth-order valence-corrected chi connectivity index (χ4v) is 1.38. The standard InChI is InChI=1S/C8H5Cl3F3NO/c1-15-3-4(8(12,13)14)2-5(15)6(16)7(9,10)11/h2-3H,1H3. The van der Waals surface area contributed by atoms with Crippen molar-refractivity contribution in [1.29, 1.82) is 0 Å². The van der Waals surface area contributed by atoms with Crippen molar-refractivity contribution in [3.63, 3.8) is 0 Å². The van der Waals surface area contributed by atoms with Gasteiger partial charge in [-0.3, -0.25) is 4.79 Å². The lowest BCUT2D eigenvalue weighted by Crippen LogP contribution is -2.21. The molecule has 8 heteroatoms. The Balaban J connectivity index is 3.18. The Morgan fingerprint density at radius 1 is 1.31 bits per heavy atom. The number of Topliss-reactive ketones (excluding diaryl/α,β-unsaturated/α-hetero) is 1. The zero-order valence-electron chi connectivity index (χ0n) is 7.78. The van der Waals surface area contributed by atoms with Gasteiger partial charge in [-0.1, -0.05) is 34.8 Å². The minimum Gasteiger partial charge on any atom is -0.347 e. The Hall–Kier alpha value is -0.390. The molecule has 1 aromatic heterocycles. The molecule has 1 rings (SSSR count). The molecule has 0 amide bonds. The summed E-state index contributed by atoms with van der Waals surface area (Å²) in [5, 5.41) is 0. The number of hydrogen-bond donors (Lipinski definition) is 0. The molecule has 0 spiro atoms. The van der Waals surface area contributed by atoms with Gasteiger partial charge in [0.05, 0.1) is 11.3 Å². The number of aryl methyl sites for hydroxylation is 1. The average Bonchev–Trinajstić information content (AvgIpc) is 2.43. The van der Waals surface area contributed by atoms with E-state index in [1.807, 2.05) is 0 Å². The van der Waals surface area contributed by atoms with E-state index in [1.165, 1.54) is 7.05 Å². The molecule has 0 aliphatic carbocycles. The second-order valence-electron chi connectivity index (χ2n) is 3.05. The molecular formula is C8H5Cl3F3NO. The van der Waals surface area contributed by atoms with Crippen molar-refractivity contribution < 1.29 is 18.0 Å². The summed E-state index contributed by atoms with van der Waals surface area (Å²) in [6.07, 6.45) is -3.78. The topological polar surface area (TPSA) is 22.0 Å². The Bertz CT molecular complexity index is 419. The van der Waals surface area contributed by atoms with E-state index in [0.29, 0.717) is 6.07 Å². The monoisotopic (exact) mass is 293 g/mol. The van der Waals surface area contributed by atoms with Gasteiger partial charge in [0.25, 0.3) is 3.79 Å². The minimum absolute atomic E-state index is 0.313. The first kappa shape index (κ1) is 13.7. The molecule has 0 N–H and O–H groups in total. The van der Waals surface area contributed by atoms with Crippen molar-refractivity contribution in [2.24, 2.45) is 7.05 Å². The normalized spacial score (nSPS) is 12.9. The summed E-state index contributed by atoms with van der Waals surface area (Å²) >= 11 is 15.9. The van der Waals surface area contributed by atoms with Crippen molar-refractivity contribution in [2.45, 2.75) is 9.97 Å². The fourth-order valence-electron chi connectivity index (χ4n) is 1.09. The van der Waals surface area contributed by atoms with Gasteiger partial charge in [0, 0.05) is 13.2 Å². The Kier molecular flexibility index (Phi) is 3.53. The van der Waals surface area contributed by atoms with Crippen molar-refractivity contribution in [2.75, 3.05) is 0 Å². The Morgan fingerprint density at radius 3 is 2.12 bits per heavy atom. The summed E-state index contributed by atoms with van der Waals surface area (Å²) in [5.74, 6) is -1.00. The molecule has 0 aliphatic heterocycles. The molecule has 1 aromatic rings. The van der Waals surface area contributed by atoms with E-state index < -0.39 is 21.3 Å². The number of nitrogens with zero attached hydrogens (tertiary/aromatic N) is 1. The highest BCUT2D eigenvalue weighted by Crippen LogP contribution is 2.34. The van der Waals surface area contributed by atoms with Gasteiger partial charge in [-0.25, -0.2) is 0 Å². The maximum absolute atomic E-state index is 12.3. The summed E-state index contributed by atoms with van der Waals surface area (Å²) in [6, 6.07) is 0.643. The first-order chi connectivity index (χ1) is 7.03. The molecule has 2 nitrogen and oxygen atoms in total. The van der Waals surface area contributed by atoms with Gasteiger partial charge in [-0.05, 0) is 6.07 Å². The van der Waals surface area contributed by atoms with Crippen LogP contribution in [0, 0.1) is 0 Å². The number of hydrogen-bond acceptors (Lipinski definition) is 1. The molecule has 0 saturated carbocycles. The minimum atomic E-state index is -4.54. The number of halogens is 6.